The Balaban J connectivity index is 1.84. The summed E-state index contributed by atoms with van der Waals surface area (Å²) in [6, 6.07) is 8.14. The summed E-state index contributed by atoms with van der Waals surface area (Å²) in [6.07, 6.45) is 1.77. The number of anilines is 1. The van der Waals surface area contributed by atoms with Gasteiger partial charge >= 0.3 is 0 Å². The zero-order valence-electron chi connectivity index (χ0n) is 14.0. The van der Waals surface area contributed by atoms with Crippen LogP contribution in [0.1, 0.15) is 19.8 Å². The Morgan fingerprint density at radius 1 is 1.30 bits per heavy atom. The van der Waals surface area contributed by atoms with Gasteiger partial charge in [-0.3, -0.25) is 9.59 Å². The number of methoxy groups -OCH3 is 1. The maximum atomic E-state index is 11.9. The van der Waals surface area contributed by atoms with Crippen LogP contribution in [-0.4, -0.2) is 56.5 Å². The zero-order valence-corrected chi connectivity index (χ0v) is 14.0. The van der Waals surface area contributed by atoms with Crippen molar-refractivity contribution in [2.24, 2.45) is 0 Å². The van der Waals surface area contributed by atoms with Gasteiger partial charge in [0.15, 0.2) is 0 Å². The molecule has 2 amide bonds. The number of carbonyl (C=O) groups is 2. The Hall–Kier alpha value is -2.24. The Morgan fingerprint density at radius 2 is 1.96 bits per heavy atom. The molecule has 1 fully saturated rings. The van der Waals surface area contributed by atoms with Crippen LogP contribution in [0.5, 0.6) is 5.75 Å². The first-order valence-corrected chi connectivity index (χ1v) is 7.90. The number of hydrogen-bond acceptors (Lipinski definition) is 4. The lowest BCUT2D eigenvalue weighted by molar-refractivity contribution is -0.133. The van der Waals surface area contributed by atoms with Crippen LogP contribution in [0.25, 0.3) is 0 Å². The van der Waals surface area contributed by atoms with Gasteiger partial charge in [0.05, 0.1) is 19.3 Å². The van der Waals surface area contributed by atoms with Gasteiger partial charge in [0.2, 0.25) is 11.8 Å². The number of likely N-dealkylation sites (N-methyl/N-ethyl adjacent to an activating group) is 1. The molecule has 0 aromatic heterocycles. The molecule has 0 saturated carbocycles. The van der Waals surface area contributed by atoms with Crippen molar-refractivity contribution in [2.75, 3.05) is 38.7 Å². The molecule has 0 atom stereocenters. The van der Waals surface area contributed by atoms with Crippen LogP contribution in [0.2, 0.25) is 0 Å². The fourth-order valence-electron chi connectivity index (χ4n) is 2.76. The zero-order chi connectivity index (χ0) is 16.8. The number of nitrogens with one attached hydrogen (secondary N) is 1. The minimum atomic E-state index is -0.105. The van der Waals surface area contributed by atoms with E-state index < -0.39 is 0 Å². The van der Waals surface area contributed by atoms with E-state index in [2.05, 4.69) is 16.3 Å². The minimum absolute atomic E-state index is 0.0987. The summed E-state index contributed by atoms with van der Waals surface area (Å²) in [6.45, 7) is 3.31. The number of hydrogen-bond donors (Lipinski definition) is 1. The van der Waals surface area contributed by atoms with Gasteiger partial charge in [-0.25, -0.2) is 0 Å². The van der Waals surface area contributed by atoms with Crippen LogP contribution in [0.15, 0.2) is 24.3 Å². The molecule has 0 spiro atoms. The Kier molecular flexibility index (Phi) is 5.84. The lowest BCUT2D eigenvalue weighted by atomic mass is 10.0. The molecule has 1 saturated heterocycles. The maximum Gasteiger partial charge on any atom is 0.239 e. The molecule has 1 heterocycles. The van der Waals surface area contributed by atoms with Crippen molar-refractivity contribution >= 4 is 17.5 Å². The highest BCUT2D eigenvalue weighted by Crippen LogP contribution is 2.29. The number of benzene rings is 1. The molecular formula is C17H25N3O3. The molecule has 1 N–H and O–H groups in total. The molecule has 0 bridgehead atoms. The third-order valence-corrected chi connectivity index (χ3v) is 4.20. The monoisotopic (exact) mass is 319 g/mol. The highest BCUT2D eigenvalue weighted by Gasteiger charge is 2.23. The number of amides is 2. The maximum absolute atomic E-state index is 11.9. The number of rotatable bonds is 5. The van der Waals surface area contributed by atoms with E-state index in [-0.39, 0.29) is 24.4 Å². The first-order valence-electron chi connectivity index (χ1n) is 7.90. The average molecular weight is 319 g/mol. The van der Waals surface area contributed by atoms with E-state index in [4.69, 9.17) is 4.74 Å². The van der Waals surface area contributed by atoms with Gasteiger partial charge in [-0.2, -0.15) is 0 Å². The van der Waals surface area contributed by atoms with E-state index in [0.29, 0.717) is 0 Å². The SMILES string of the molecule is COc1ccccc1N1CCC(NC(=O)CN(C)C(C)=O)CC1. The number of ether oxygens (including phenoxy) is 1. The Bertz CT molecular complexity index is 554. The predicted molar refractivity (Wildman–Crippen MR) is 89.7 cm³/mol. The number of nitrogens with zero attached hydrogens (tertiary/aromatic N) is 2. The van der Waals surface area contributed by atoms with Gasteiger partial charge < -0.3 is 19.9 Å². The molecule has 0 radical (unpaired) electrons. The Labute approximate surface area is 137 Å². The van der Waals surface area contributed by atoms with E-state index >= 15 is 0 Å². The predicted octanol–water partition coefficient (Wildman–Crippen LogP) is 1.26. The third kappa shape index (κ3) is 4.61. The summed E-state index contributed by atoms with van der Waals surface area (Å²) >= 11 is 0. The van der Waals surface area contributed by atoms with Gasteiger partial charge in [-0.1, -0.05) is 12.1 Å². The van der Waals surface area contributed by atoms with Crippen molar-refractivity contribution in [2.45, 2.75) is 25.8 Å². The lowest BCUT2D eigenvalue weighted by Crippen LogP contribution is -2.47. The van der Waals surface area contributed by atoms with E-state index in [9.17, 15) is 9.59 Å². The summed E-state index contributed by atoms with van der Waals surface area (Å²) in [5, 5.41) is 3.01. The molecule has 1 aliphatic heterocycles. The summed E-state index contributed by atoms with van der Waals surface area (Å²) in [7, 11) is 3.31. The van der Waals surface area contributed by atoms with Crippen molar-refractivity contribution in [3.63, 3.8) is 0 Å². The second-order valence-corrected chi connectivity index (χ2v) is 5.88. The van der Waals surface area contributed by atoms with Gasteiger partial charge in [0, 0.05) is 33.1 Å². The molecule has 1 aliphatic rings. The summed E-state index contributed by atoms with van der Waals surface area (Å²) in [5.74, 6) is 0.669. The van der Waals surface area contributed by atoms with Gasteiger partial charge in [-0.15, -0.1) is 0 Å². The number of para-hydroxylation sites is 2. The fourth-order valence-corrected chi connectivity index (χ4v) is 2.76. The molecule has 1 aromatic rings. The minimum Gasteiger partial charge on any atom is -0.495 e. The molecule has 6 nitrogen and oxygen atoms in total. The van der Waals surface area contributed by atoms with Crippen molar-refractivity contribution in [1.82, 2.24) is 10.2 Å². The molecule has 0 aliphatic carbocycles. The standard InChI is InChI=1S/C17H25N3O3/c1-13(21)19(2)12-17(22)18-14-8-10-20(11-9-14)15-6-4-5-7-16(15)23-3/h4-7,14H,8-12H2,1-3H3,(H,18,22). The quantitative estimate of drug-likeness (QED) is 0.887. The molecule has 0 unspecified atom stereocenters. The Morgan fingerprint density at radius 3 is 2.57 bits per heavy atom. The second kappa shape index (κ2) is 7.85. The van der Waals surface area contributed by atoms with Crippen LogP contribution >= 0.6 is 0 Å². The van der Waals surface area contributed by atoms with Gasteiger partial charge in [0.25, 0.3) is 0 Å². The normalized spacial score (nSPS) is 15.2. The number of carbonyl (C=O) groups excluding carboxylic acids is 2. The van der Waals surface area contributed by atoms with Crippen LogP contribution < -0.4 is 15.0 Å². The largest absolute Gasteiger partial charge is 0.495 e. The smallest absolute Gasteiger partial charge is 0.239 e. The summed E-state index contributed by atoms with van der Waals surface area (Å²) in [5.41, 5.74) is 1.09. The topological polar surface area (TPSA) is 61.9 Å². The van der Waals surface area contributed by atoms with Gasteiger partial charge in [0.1, 0.15) is 5.75 Å². The van der Waals surface area contributed by atoms with Gasteiger partial charge in [-0.05, 0) is 25.0 Å². The van der Waals surface area contributed by atoms with Crippen LogP contribution in [-0.2, 0) is 9.59 Å². The first-order chi connectivity index (χ1) is 11.0. The van der Waals surface area contributed by atoms with E-state index in [0.717, 1.165) is 37.4 Å². The first kappa shape index (κ1) is 17.1. The van der Waals surface area contributed by atoms with E-state index in [1.807, 2.05) is 18.2 Å². The highest BCUT2D eigenvalue weighted by atomic mass is 16.5. The molecule has 2 rings (SSSR count). The van der Waals surface area contributed by atoms with Crippen molar-refractivity contribution in [3.05, 3.63) is 24.3 Å². The van der Waals surface area contributed by atoms with Crippen molar-refractivity contribution in [3.8, 4) is 5.75 Å². The second-order valence-electron chi connectivity index (χ2n) is 5.88. The van der Waals surface area contributed by atoms with E-state index in [1.165, 1.54) is 11.8 Å². The van der Waals surface area contributed by atoms with Crippen LogP contribution in [0.3, 0.4) is 0 Å². The molecule has 126 valence electrons. The van der Waals surface area contributed by atoms with Crippen LogP contribution in [0.4, 0.5) is 5.69 Å². The lowest BCUT2D eigenvalue weighted by Gasteiger charge is -2.34. The molecular weight excluding hydrogens is 294 g/mol. The molecule has 23 heavy (non-hydrogen) atoms. The van der Waals surface area contributed by atoms with Crippen molar-refractivity contribution < 1.29 is 14.3 Å². The average Bonchev–Trinajstić information content (AvgIpc) is 2.55. The number of piperidine rings is 1. The highest BCUT2D eigenvalue weighted by molar-refractivity contribution is 5.83. The van der Waals surface area contributed by atoms with E-state index in [1.54, 1.807) is 14.2 Å². The van der Waals surface area contributed by atoms with Crippen molar-refractivity contribution in [1.29, 1.82) is 0 Å². The van der Waals surface area contributed by atoms with Crippen LogP contribution in [0, 0.1) is 0 Å². The summed E-state index contributed by atoms with van der Waals surface area (Å²) < 4.78 is 5.41. The summed E-state index contributed by atoms with van der Waals surface area (Å²) in [4.78, 5) is 26.8. The third-order valence-electron chi connectivity index (χ3n) is 4.20. The molecule has 6 heteroatoms. The molecule has 1 aromatic carbocycles. The fraction of sp³-hybridized carbons (Fsp3) is 0.529.